The number of aliphatic hydroxyl groups excluding tert-OH is 1. The molecule has 1 fully saturated rings. The fourth-order valence-electron chi connectivity index (χ4n) is 2.80. The van der Waals surface area contributed by atoms with Crippen molar-refractivity contribution in [2.24, 2.45) is 0 Å². The third-order valence-corrected chi connectivity index (χ3v) is 3.96. The Kier molecular flexibility index (Phi) is 7.16. The van der Waals surface area contributed by atoms with Crippen molar-refractivity contribution in [2.75, 3.05) is 0 Å². The van der Waals surface area contributed by atoms with E-state index in [0.29, 0.717) is 11.1 Å². The summed E-state index contributed by atoms with van der Waals surface area (Å²) in [5.41, 5.74) is 0.914. The van der Waals surface area contributed by atoms with Crippen LogP contribution in [0.5, 0.6) is 0 Å². The van der Waals surface area contributed by atoms with Gasteiger partial charge < -0.3 is 10.4 Å². The molecule has 2 nitrogen and oxygen atoms in total. The van der Waals surface area contributed by atoms with Crippen molar-refractivity contribution in [1.29, 1.82) is 0 Å². The van der Waals surface area contributed by atoms with Crippen LogP contribution in [0.15, 0.2) is 24.3 Å². The number of halogens is 2. The third-order valence-electron chi connectivity index (χ3n) is 3.73. The van der Waals surface area contributed by atoms with Gasteiger partial charge in [-0.05, 0) is 37.0 Å². The van der Waals surface area contributed by atoms with Gasteiger partial charge in [0, 0.05) is 17.1 Å². The first-order chi connectivity index (χ1) is 8.70. The highest BCUT2D eigenvalue weighted by atomic mass is 35.5. The number of benzene rings is 1. The predicted molar refractivity (Wildman–Crippen MR) is 83.1 cm³/mol. The van der Waals surface area contributed by atoms with E-state index in [-0.39, 0.29) is 18.4 Å². The maximum absolute atomic E-state index is 10.4. The quantitative estimate of drug-likeness (QED) is 0.877. The molecule has 3 atom stereocenters. The van der Waals surface area contributed by atoms with Gasteiger partial charge in [0.2, 0.25) is 0 Å². The lowest BCUT2D eigenvalue weighted by Crippen LogP contribution is -2.45. The molecule has 0 radical (unpaired) electrons. The van der Waals surface area contributed by atoms with Crippen LogP contribution in [0.3, 0.4) is 0 Å². The van der Waals surface area contributed by atoms with E-state index in [1.165, 1.54) is 25.7 Å². The molecule has 1 aromatic carbocycles. The molecule has 0 bridgehead atoms. The van der Waals surface area contributed by atoms with Crippen molar-refractivity contribution in [2.45, 2.75) is 57.2 Å². The predicted octanol–water partition coefficient (Wildman–Crippen LogP) is 4.11. The summed E-state index contributed by atoms with van der Waals surface area (Å²) in [6.45, 7) is 2.21. The topological polar surface area (TPSA) is 32.3 Å². The van der Waals surface area contributed by atoms with Gasteiger partial charge in [0.05, 0.1) is 6.10 Å². The molecule has 0 spiro atoms. The van der Waals surface area contributed by atoms with Gasteiger partial charge in [-0.2, -0.15) is 0 Å². The van der Waals surface area contributed by atoms with E-state index in [2.05, 4.69) is 12.2 Å². The summed E-state index contributed by atoms with van der Waals surface area (Å²) in [4.78, 5) is 0. The zero-order valence-corrected chi connectivity index (χ0v) is 12.9. The Morgan fingerprint density at radius 2 is 2.21 bits per heavy atom. The molecule has 0 amide bonds. The Morgan fingerprint density at radius 3 is 2.89 bits per heavy atom. The highest BCUT2D eigenvalue weighted by molar-refractivity contribution is 6.30. The molecule has 4 heteroatoms. The number of rotatable bonds is 4. The Labute approximate surface area is 127 Å². The zero-order valence-electron chi connectivity index (χ0n) is 11.3. The van der Waals surface area contributed by atoms with Gasteiger partial charge in [-0.1, -0.05) is 43.5 Å². The van der Waals surface area contributed by atoms with Crippen LogP contribution in [0, 0.1) is 0 Å². The largest absolute Gasteiger partial charge is 0.387 e. The van der Waals surface area contributed by atoms with Crippen molar-refractivity contribution in [3.05, 3.63) is 34.9 Å². The van der Waals surface area contributed by atoms with Crippen LogP contribution in [0.4, 0.5) is 0 Å². The number of nitrogens with one attached hydrogen (secondary N) is 1. The number of aliphatic hydroxyl groups is 1. The summed E-state index contributed by atoms with van der Waals surface area (Å²) in [6, 6.07) is 8.26. The first-order valence-electron chi connectivity index (χ1n) is 6.90. The van der Waals surface area contributed by atoms with Crippen LogP contribution in [0.2, 0.25) is 5.02 Å². The van der Waals surface area contributed by atoms with Gasteiger partial charge >= 0.3 is 0 Å². The van der Waals surface area contributed by atoms with Gasteiger partial charge in [-0.15, -0.1) is 12.4 Å². The second-order valence-electron chi connectivity index (χ2n) is 5.19. The van der Waals surface area contributed by atoms with E-state index >= 15 is 0 Å². The number of piperidine rings is 1. The van der Waals surface area contributed by atoms with E-state index in [0.717, 1.165) is 12.0 Å². The Morgan fingerprint density at radius 1 is 1.42 bits per heavy atom. The second-order valence-corrected chi connectivity index (χ2v) is 5.63. The standard InChI is InChI=1S/C15H22ClNO.ClH/c1-2-5-13-8-4-9-14(17-13)15(18)11-6-3-7-12(16)10-11;/h3,6-7,10,13-15,17-18H,2,4-5,8-9H2,1H3;1H/t13-,14+,15?;/m0./s1. The molecule has 2 N–H and O–H groups in total. The monoisotopic (exact) mass is 303 g/mol. The summed E-state index contributed by atoms with van der Waals surface area (Å²) in [6.07, 6.45) is 5.39. The first-order valence-corrected chi connectivity index (χ1v) is 7.28. The summed E-state index contributed by atoms with van der Waals surface area (Å²) in [5.74, 6) is 0. The summed E-state index contributed by atoms with van der Waals surface area (Å²) in [5, 5.41) is 14.7. The molecule has 1 aliphatic heterocycles. The van der Waals surface area contributed by atoms with Crippen molar-refractivity contribution >= 4 is 24.0 Å². The molecule has 0 aromatic heterocycles. The van der Waals surface area contributed by atoms with Crippen LogP contribution < -0.4 is 5.32 Å². The summed E-state index contributed by atoms with van der Waals surface area (Å²) >= 11 is 5.97. The smallest absolute Gasteiger partial charge is 0.0943 e. The summed E-state index contributed by atoms with van der Waals surface area (Å²) in [7, 11) is 0. The van der Waals surface area contributed by atoms with Gasteiger partial charge in [-0.25, -0.2) is 0 Å². The van der Waals surface area contributed by atoms with Crippen molar-refractivity contribution in [3.8, 4) is 0 Å². The molecule has 1 aliphatic rings. The van der Waals surface area contributed by atoms with E-state index in [1.54, 1.807) is 0 Å². The van der Waals surface area contributed by atoms with Crippen LogP contribution in [0.25, 0.3) is 0 Å². The lowest BCUT2D eigenvalue weighted by Gasteiger charge is -2.34. The average molecular weight is 304 g/mol. The molecule has 0 aliphatic carbocycles. The highest BCUT2D eigenvalue weighted by Gasteiger charge is 2.26. The van der Waals surface area contributed by atoms with Crippen LogP contribution in [-0.4, -0.2) is 17.2 Å². The maximum Gasteiger partial charge on any atom is 0.0943 e. The minimum Gasteiger partial charge on any atom is -0.387 e. The first kappa shape index (κ1) is 16.8. The minimum atomic E-state index is -0.455. The fourth-order valence-corrected chi connectivity index (χ4v) is 3.00. The second kappa shape index (κ2) is 8.11. The van der Waals surface area contributed by atoms with Crippen LogP contribution >= 0.6 is 24.0 Å². The van der Waals surface area contributed by atoms with Crippen molar-refractivity contribution in [3.63, 3.8) is 0 Å². The molecule has 0 saturated carbocycles. The van der Waals surface area contributed by atoms with Gasteiger partial charge in [-0.3, -0.25) is 0 Å². The Balaban J connectivity index is 0.00000180. The van der Waals surface area contributed by atoms with E-state index in [9.17, 15) is 5.11 Å². The minimum absolute atomic E-state index is 0. The lowest BCUT2D eigenvalue weighted by molar-refractivity contribution is 0.0998. The molecule has 1 aromatic rings. The SMILES string of the molecule is CCC[C@H]1CCC[C@H](C(O)c2cccc(Cl)c2)N1.Cl. The van der Waals surface area contributed by atoms with Crippen molar-refractivity contribution in [1.82, 2.24) is 5.32 Å². The molecule has 1 heterocycles. The van der Waals surface area contributed by atoms with E-state index in [4.69, 9.17) is 11.6 Å². The average Bonchev–Trinajstić information content (AvgIpc) is 2.39. The van der Waals surface area contributed by atoms with Crippen LogP contribution in [-0.2, 0) is 0 Å². The fraction of sp³-hybridized carbons (Fsp3) is 0.600. The number of hydrogen-bond acceptors (Lipinski definition) is 2. The molecule has 2 rings (SSSR count). The van der Waals surface area contributed by atoms with Gasteiger partial charge in [0.1, 0.15) is 0 Å². The summed E-state index contributed by atoms with van der Waals surface area (Å²) < 4.78 is 0. The maximum atomic E-state index is 10.4. The van der Waals surface area contributed by atoms with Crippen LogP contribution in [0.1, 0.15) is 50.7 Å². The normalized spacial score (nSPS) is 24.6. The van der Waals surface area contributed by atoms with Gasteiger partial charge in [0.15, 0.2) is 0 Å². The molecule has 1 unspecified atom stereocenters. The number of hydrogen-bond donors (Lipinski definition) is 2. The molecular formula is C15H23Cl2NO. The van der Waals surface area contributed by atoms with E-state index in [1.807, 2.05) is 24.3 Å². The van der Waals surface area contributed by atoms with Gasteiger partial charge in [0.25, 0.3) is 0 Å². The molecule has 1 saturated heterocycles. The molecule has 19 heavy (non-hydrogen) atoms. The van der Waals surface area contributed by atoms with E-state index < -0.39 is 6.10 Å². The Bertz CT molecular complexity index is 384. The molecule has 108 valence electrons. The lowest BCUT2D eigenvalue weighted by atomic mass is 9.90. The third kappa shape index (κ3) is 4.64. The zero-order chi connectivity index (χ0) is 13.0. The Hall–Kier alpha value is -0.280. The molecular weight excluding hydrogens is 281 g/mol. The highest BCUT2D eigenvalue weighted by Crippen LogP contribution is 2.27. The van der Waals surface area contributed by atoms with Crippen molar-refractivity contribution < 1.29 is 5.11 Å².